The summed E-state index contributed by atoms with van der Waals surface area (Å²) in [5.74, 6) is 1.96. The molecule has 0 saturated heterocycles. The van der Waals surface area contributed by atoms with Crippen molar-refractivity contribution in [1.29, 1.82) is 0 Å². The topological polar surface area (TPSA) is 61.0 Å². The van der Waals surface area contributed by atoms with Crippen LogP contribution in [-0.2, 0) is 6.42 Å². The molecule has 0 aliphatic carbocycles. The number of hydrogen-bond donors (Lipinski definition) is 1. The Balaban J connectivity index is 2.41. The van der Waals surface area contributed by atoms with E-state index in [1.54, 1.807) is 6.07 Å². The van der Waals surface area contributed by atoms with E-state index in [-0.39, 0.29) is 0 Å². The van der Waals surface area contributed by atoms with Crippen LogP contribution in [0.15, 0.2) is 30.3 Å². The van der Waals surface area contributed by atoms with Crippen molar-refractivity contribution in [2.75, 3.05) is 12.3 Å². The van der Waals surface area contributed by atoms with E-state index in [0.29, 0.717) is 18.2 Å². The van der Waals surface area contributed by atoms with Crippen LogP contribution in [0.2, 0.25) is 0 Å². The van der Waals surface area contributed by atoms with E-state index in [9.17, 15) is 0 Å². The van der Waals surface area contributed by atoms with Crippen molar-refractivity contribution in [2.45, 2.75) is 20.3 Å². The lowest BCUT2D eigenvalue weighted by molar-refractivity contribution is 0.340. The monoisotopic (exact) mass is 243 g/mol. The van der Waals surface area contributed by atoms with Crippen LogP contribution in [0.3, 0.4) is 0 Å². The molecule has 94 valence electrons. The van der Waals surface area contributed by atoms with Crippen molar-refractivity contribution >= 4 is 5.82 Å². The van der Waals surface area contributed by atoms with Crippen molar-refractivity contribution in [3.05, 3.63) is 36.0 Å². The molecule has 0 spiro atoms. The summed E-state index contributed by atoms with van der Waals surface area (Å²) in [5, 5.41) is 0. The van der Waals surface area contributed by atoms with Crippen molar-refractivity contribution in [2.24, 2.45) is 0 Å². The number of rotatable bonds is 4. The Hall–Kier alpha value is -2.10. The molecule has 0 fully saturated rings. The lowest BCUT2D eigenvalue weighted by atomic mass is 10.2. The van der Waals surface area contributed by atoms with Crippen LogP contribution in [0.25, 0.3) is 11.4 Å². The number of aromatic nitrogens is 2. The number of anilines is 1. The second-order valence-corrected chi connectivity index (χ2v) is 3.92. The van der Waals surface area contributed by atoms with Gasteiger partial charge < -0.3 is 10.5 Å². The molecule has 0 aliphatic rings. The minimum atomic E-state index is 0.499. The molecule has 2 aromatic rings. The summed E-state index contributed by atoms with van der Waals surface area (Å²) in [6, 6.07) is 9.53. The quantitative estimate of drug-likeness (QED) is 0.896. The van der Waals surface area contributed by atoms with Crippen LogP contribution in [0, 0.1) is 0 Å². The van der Waals surface area contributed by atoms with Gasteiger partial charge in [0.05, 0.1) is 6.61 Å². The third-order valence-corrected chi connectivity index (χ3v) is 2.56. The first kappa shape index (κ1) is 12.4. The summed E-state index contributed by atoms with van der Waals surface area (Å²) in [4.78, 5) is 8.74. The molecule has 0 amide bonds. The Labute approximate surface area is 107 Å². The van der Waals surface area contributed by atoms with Gasteiger partial charge in [0.1, 0.15) is 11.6 Å². The minimum absolute atomic E-state index is 0.499. The van der Waals surface area contributed by atoms with Gasteiger partial charge in [-0.05, 0) is 25.5 Å². The molecule has 0 bridgehead atoms. The van der Waals surface area contributed by atoms with Crippen molar-refractivity contribution in [3.63, 3.8) is 0 Å². The maximum atomic E-state index is 5.79. The van der Waals surface area contributed by atoms with Crippen molar-refractivity contribution < 1.29 is 4.74 Å². The molecule has 0 radical (unpaired) electrons. The van der Waals surface area contributed by atoms with E-state index in [0.717, 1.165) is 23.4 Å². The molecule has 0 unspecified atom stereocenters. The Morgan fingerprint density at radius 2 is 2.00 bits per heavy atom. The Bertz CT molecular complexity index is 540. The van der Waals surface area contributed by atoms with E-state index >= 15 is 0 Å². The number of nitrogens with two attached hydrogens (primary N) is 1. The van der Waals surface area contributed by atoms with Gasteiger partial charge in [-0.15, -0.1) is 0 Å². The lowest BCUT2D eigenvalue weighted by Gasteiger charge is -2.07. The average molecular weight is 243 g/mol. The van der Waals surface area contributed by atoms with Crippen LogP contribution < -0.4 is 10.5 Å². The normalized spacial score (nSPS) is 10.3. The molecule has 1 aromatic carbocycles. The average Bonchev–Trinajstić information content (AvgIpc) is 2.39. The van der Waals surface area contributed by atoms with Gasteiger partial charge in [0.15, 0.2) is 5.82 Å². The highest BCUT2D eigenvalue weighted by Crippen LogP contribution is 2.22. The zero-order valence-electron chi connectivity index (χ0n) is 10.7. The first-order valence-corrected chi connectivity index (χ1v) is 6.09. The number of ether oxygens (including phenoxy) is 1. The van der Waals surface area contributed by atoms with E-state index in [2.05, 4.69) is 9.97 Å². The first-order chi connectivity index (χ1) is 8.72. The molecule has 18 heavy (non-hydrogen) atoms. The van der Waals surface area contributed by atoms with Gasteiger partial charge in [0.2, 0.25) is 0 Å². The fraction of sp³-hybridized carbons (Fsp3) is 0.286. The number of benzene rings is 1. The molecule has 0 aliphatic heterocycles. The molecule has 1 aromatic heterocycles. The van der Waals surface area contributed by atoms with Gasteiger partial charge in [0.25, 0.3) is 0 Å². The van der Waals surface area contributed by atoms with E-state index < -0.39 is 0 Å². The van der Waals surface area contributed by atoms with Crippen LogP contribution in [0.4, 0.5) is 5.82 Å². The van der Waals surface area contributed by atoms with Gasteiger partial charge in [-0.3, -0.25) is 0 Å². The van der Waals surface area contributed by atoms with Crippen molar-refractivity contribution in [3.8, 4) is 17.1 Å². The van der Waals surface area contributed by atoms with Crippen molar-refractivity contribution in [1.82, 2.24) is 9.97 Å². The number of nitrogens with zero attached hydrogens (tertiary/aromatic N) is 2. The summed E-state index contributed by atoms with van der Waals surface area (Å²) < 4.78 is 5.47. The Morgan fingerprint density at radius 1 is 1.17 bits per heavy atom. The summed E-state index contributed by atoms with van der Waals surface area (Å²) in [6.45, 7) is 4.64. The predicted octanol–water partition coefficient (Wildman–Crippen LogP) is 2.69. The van der Waals surface area contributed by atoms with Gasteiger partial charge in [-0.25, -0.2) is 9.97 Å². The standard InChI is InChI=1S/C14H17N3O/c1-3-11-9-13(15)17-14(16-11)10-6-5-7-12(8-10)18-4-2/h5-9H,3-4H2,1-2H3,(H2,15,16,17). The Morgan fingerprint density at radius 3 is 2.72 bits per heavy atom. The zero-order chi connectivity index (χ0) is 13.0. The number of aryl methyl sites for hydroxylation is 1. The first-order valence-electron chi connectivity index (χ1n) is 6.09. The maximum Gasteiger partial charge on any atom is 0.161 e. The summed E-state index contributed by atoms with van der Waals surface area (Å²) in [5.41, 5.74) is 7.65. The van der Waals surface area contributed by atoms with Crippen LogP contribution in [-0.4, -0.2) is 16.6 Å². The molecule has 2 N–H and O–H groups in total. The van der Waals surface area contributed by atoms with E-state index in [1.807, 2.05) is 38.1 Å². The summed E-state index contributed by atoms with van der Waals surface area (Å²) in [6.07, 6.45) is 0.838. The van der Waals surface area contributed by atoms with Gasteiger partial charge in [-0.2, -0.15) is 0 Å². The molecular formula is C14H17N3O. The van der Waals surface area contributed by atoms with E-state index in [4.69, 9.17) is 10.5 Å². The second-order valence-electron chi connectivity index (χ2n) is 3.92. The fourth-order valence-electron chi connectivity index (χ4n) is 1.72. The SMILES string of the molecule is CCOc1cccc(-c2nc(N)cc(CC)n2)c1. The largest absolute Gasteiger partial charge is 0.494 e. The number of nitrogen functional groups attached to an aromatic ring is 1. The molecule has 4 nitrogen and oxygen atoms in total. The summed E-state index contributed by atoms with van der Waals surface area (Å²) >= 11 is 0. The number of hydrogen-bond acceptors (Lipinski definition) is 4. The molecule has 0 saturated carbocycles. The molecule has 4 heteroatoms. The summed E-state index contributed by atoms with van der Waals surface area (Å²) in [7, 11) is 0. The maximum absolute atomic E-state index is 5.79. The minimum Gasteiger partial charge on any atom is -0.494 e. The Kier molecular flexibility index (Phi) is 3.77. The third-order valence-electron chi connectivity index (χ3n) is 2.56. The highest BCUT2D eigenvalue weighted by molar-refractivity contribution is 5.59. The van der Waals surface area contributed by atoms with Gasteiger partial charge in [0, 0.05) is 17.3 Å². The lowest BCUT2D eigenvalue weighted by Crippen LogP contribution is -2.00. The molecule has 2 rings (SSSR count). The van der Waals surface area contributed by atoms with Gasteiger partial charge >= 0.3 is 0 Å². The highest BCUT2D eigenvalue weighted by Gasteiger charge is 2.05. The molecule has 1 heterocycles. The predicted molar refractivity (Wildman–Crippen MR) is 72.4 cm³/mol. The fourth-order valence-corrected chi connectivity index (χ4v) is 1.72. The zero-order valence-corrected chi connectivity index (χ0v) is 10.7. The van der Waals surface area contributed by atoms with Crippen LogP contribution in [0.1, 0.15) is 19.5 Å². The molecule has 0 atom stereocenters. The highest BCUT2D eigenvalue weighted by atomic mass is 16.5. The van der Waals surface area contributed by atoms with E-state index in [1.165, 1.54) is 0 Å². The third kappa shape index (κ3) is 2.77. The van der Waals surface area contributed by atoms with Gasteiger partial charge in [-0.1, -0.05) is 19.1 Å². The van der Waals surface area contributed by atoms with Crippen LogP contribution >= 0.6 is 0 Å². The molecular weight excluding hydrogens is 226 g/mol. The van der Waals surface area contributed by atoms with Crippen LogP contribution in [0.5, 0.6) is 5.75 Å². The smallest absolute Gasteiger partial charge is 0.161 e. The second kappa shape index (κ2) is 5.49.